The molecule has 1 aliphatic heterocycles. The number of alkyl halides is 3. The second-order valence-corrected chi connectivity index (χ2v) is 11.7. The van der Waals surface area contributed by atoms with E-state index < -0.39 is 23.5 Å². The van der Waals surface area contributed by atoms with Gasteiger partial charge in [-0.05, 0) is 18.2 Å². The first-order valence-corrected chi connectivity index (χ1v) is 15.2. The Kier molecular flexibility index (Phi) is 10.0. The summed E-state index contributed by atoms with van der Waals surface area (Å²) in [6.07, 6.45) is 0.491. The fourth-order valence-electron chi connectivity index (χ4n) is 5.01. The van der Waals surface area contributed by atoms with Crippen LogP contribution >= 0.6 is 0 Å². The van der Waals surface area contributed by atoms with Crippen LogP contribution in [0.1, 0.15) is 32.4 Å². The molecule has 0 spiro atoms. The zero-order chi connectivity index (χ0) is 30.4. The molecule has 2 heterocycles. The summed E-state index contributed by atoms with van der Waals surface area (Å²) in [5, 5.41) is 7.31. The van der Waals surface area contributed by atoms with Crippen molar-refractivity contribution in [3.05, 3.63) is 48.2 Å². The Bertz CT molecular complexity index is 1560. The zero-order valence-corrected chi connectivity index (χ0v) is 24.9. The number of hydrogen-bond donors (Lipinski definition) is 2. The van der Waals surface area contributed by atoms with Gasteiger partial charge in [-0.15, -0.1) is 0 Å². The summed E-state index contributed by atoms with van der Waals surface area (Å²) in [6.45, 7) is 5.15. The number of hydrogen-bond acceptors (Lipinski definition) is 5. The third-order valence-electron chi connectivity index (χ3n) is 7.11. The maximum atomic E-state index is 13.6. The van der Waals surface area contributed by atoms with Crippen LogP contribution in [0, 0.1) is 11.8 Å². The summed E-state index contributed by atoms with van der Waals surface area (Å²) >= 11 is 0. The molecule has 3 atom stereocenters. The molecular formula is C30H34BF3N4O3S. The fraction of sp³-hybridized carbons (Fsp3) is 0.400. The van der Waals surface area contributed by atoms with Crippen molar-refractivity contribution in [1.29, 1.82) is 0 Å². The van der Waals surface area contributed by atoms with Gasteiger partial charge < -0.3 is 4.74 Å². The molecule has 4 rings (SSSR count). The fourth-order valence-corrected chi connectivity index (χ4v) is 5.55. The molecule has 0 bridgehead atoms. The molecule has 42 heavy (non-hydrogen) atoms. The average Bonchev–Trinajstić information content (AvgIpc) is 3.26. The number of halogens is 3. The topological polar surface area (TPSA) is 75.6 Å². The molecule has 12 heteroatoms. The molecule has 222 valence electrons. The number of aromatic nitrogens is 1. The van der Waals surface area contributed by atoms with Crippen molar-refractivity contribution in [1.82, 2.24) is 9.47 Å². The van der Waals surface area contributed by atoms with Crippen LogP contribution in [0.5, 0.6) is 5.75 Å². The third-order valence-corrected chi connectivity index (χ3v) is 8.02. The number of carbonyl (C=O) groups excluding carboxylic acids is 1. The van der Waals surface area contributed by atoms with Crippen LogP contribution in [0.15, 0.2) is 47.4 Å². The Morgan fingerprint density at radius 1 is 1.21 bits per heavy atom. The molecule has 0 saturated carbocycles. The monoisotopic (exact) mass is 598 g/mol. The molecule has 1 aromatic heterocycles. The van der Waals surface area contributed by atoms with Crippen molar-refractivity contribution >= 4 is 52.0 Å². The Hall–Kier alpha value is -3.72. The summed E-state index contributed by atoms with van der Waals surface area (Å²) in [4.78, 5) is 14.2. The Labute approximate surface area is 247 Å². The quantitative estimate of drug-likeness (QED) is 0.292. The molecule has 0 fully saturated rings. The molecule has 2 N–H and O–H groups in total. The van der Waals surface area contributed by atoms with Gasteiger partial charge in [-0.3, -0.25) is 4.21 Å². The normalized spacial score (nSPS) is 17.8. The average molecular weight is 599 g/mol. The van der Waals surface area contributed by atoms with E-state index in [9.17, 15) is 22.2 Å². The molecule has 2 aromatic carbocycles. The van der Waals surface area contributed by atoms with E-state index in [1.165, 1.54) is 18.6 Å². The van der Waals surface area contributed by atoms with Gasteiger partial charge >= 0.3 is 180 Å². The van der Waals surface area contributed by atoms with E-state index in [4.69, 9.17) is 4.74 Å². The number of fused-ring (bicyclic) bond motifs is 1. The van der Waals surface area contributed by atoms with Gasteiger partial charge in [-0.25, -0.2) is 0 Å². The van der Waals surface area contributed by atoms with Crippen molar-refractivity contribution in [2.75, 3.05) is 37.1 Å². The molecule has 7 nitrogen and oxygen atoms in total. The van der Waals surface area contributed by atoms with Crippen molar-refractivity contribution < 1.29 is 26.9 Å². The van der Waals surface area contributed by atoms with E-state index in [1.54, 1.807) is 47.6 Å². The van der Waals surface area contributed by atoms with Crippen LogP contribution in [0.25, 0.3) is 10.9 Å². The maximum absolute atomic E-state index is 13.6. The van der Waals surface area contributed by atoms with E-state index in [0.29, 0.717) is 40.2 Å². The van der Waals surface area contributed by atoms with Crippen molar-refractivity contribution in [2.45, 2.75) is 56.2 Å². The van der Waals surface area contributed by atoms with E-state index in [-0.39, 0.29) is 30.0 Å². The van der Waals surface area contributed by atoms with Gasteiger partial charge in [0.05, 0.1) is 12.8 Å². The van der Waals surface area contributed by atoms with Crippen LogP contribution < -0.4 is 15.4 Å². The first-order chi connectivity index (χ1) is 19.9. The number of anilines is 2. The van der Waals surface area contributed by atoms with E-state index >= 15 is 0 Å². The van der Waals surface area contributed by atoms with Crippen LogP contribution in [-0.2, 0) is 22.1 Å². The number of methoxy groups -OCH3 is 1. The van der Waals surface area contributed by atoms with Crippen LogP contribution in [0.3, 0.4) is 0 Å². The van der Waals surface area contributed by atoms with Crippen molar-refractivity contribution in [3.63, 3.8) is 0 Å². The number of nitrogens with zero attached hydrogens (tertiary/aromatic N) is 2. The number of ether oxygens (including phenoxy) is 1. The second kappa shape index (κ2) is 13.5. The van der Waals surface area contributed by atoms with Crippen molar-refractivity contribution in [3.8, 4) is 17.6 Å². The van der Waals surface area contributed by atoms with Crippen molar-refractivity contribution in [2.24, 2.45) is 0 Å². The zero-order valence-electron chi connectivity index (χ0n) is 24.0. The first-order valence-electron chi connectivity index (χ1n) is 13.6. The van der Waals surface area contributed by atoms with Gasteiger partial charge in [0.25, 0.3) is 0 Å². The minimum atomic E-state index is -4.43. The van der Waals surface area contributed by atoms with Gasteiger partial charge in [-0.2, -0.15) is 0 Å². The number of amides is 1. The summed E-state index contributed by atoms with van der Waals surface area (Å²) in [7, 11) is 0.337. The standard InChI is InChI=1S/C30H34BF3N4O3S/c1-20-15-22(12-14-37(19-31-20)21(2)39)36-26-8-5-9-28-25(26)16-23(38(28)18-30(32,33)34)7-6-13-35-27-11-10-24(42(4)40)17-29(27)41-3/h5,8-11,16-17,19-20,22,35-36H,12-15,18H2,1-4H3/t20-,22-,42?/m0/s1. The third kappa shape index (κ3) is 7.97. The molecule has 0 radical (unpaired) electrons. The van der Waals surface area contributed by atoms with E-state index in [1.807, 2.05) is 19.1 Å². The van der Waals surface area contributed by atoms with Crippen LogP contribution in [0.2, 0.25) is 5.82 Å². The van der Waals surface area contributed by atoms with Gasteiger partial charge in [-0.1, -0.05) is 0 Å². The summed E-state index contributed by atoms with van der Waals surface area (Å²) in [6, 6.07) is 12.1. The molecule has 3 aromatic rings. The number of benzene rings is 2. The van der Waals surface area contributed by atoms with Gasteiger partial charge in [0, 0.05) is 22.0 Å². The van der Waals surface area contributed by atoms with Crippen LogP contribution in [0.4, 0.5) is 24.5 Å². The van der Waals surface area contributed by atoms with Crippen LogP contribution in [-0.4, -0.2) is 71.3 Å². The molecular weight excluding hydrogens is 564 g/mol. The number of carbonyl (C=O) groups is 1. The molecule has 1 amide bonds. The Balaban J connectivity index is 1.60. The Morgan fingerprint density at radius 2 is 2.00 bits per heavy atom. The van der Waals surface area contributed by atoms with Gasteiger partial charge in [0.15, 0.2) is 0 Å². The predicted molar refractivity (Wildman–Crippen MR) is 164 cm³/mol. The SMILES string of the molecule is COc1cc(S(C)=O)ccc1NCC#Cc1cc2c(N[C@H]3CCN(C(C)=O)C=B[C@@H](C)C3)cccc2n1CC(F)(F)F. The summed E-state index contributed by atoms with van der Waals surface area (Å²) < 4.78 is 59.3. The number of nitrogens with one attached hydrogen (secondary N) is 2. The predicted octanol–water partition coefficient (Wildman–Crippen LogP) is 5.11. The molecule has 1 aliphatic rings. The summed E-state index contributed by atoms with van der Waals surface area (Å²) in [5.74, 6) is 6.53. The van der Waals surface area contributed by atoms with E-state index in [2.05, 4.69) is 29.4 Å². The van der Waals surface area contributed by atoms with Gasteiger partial charge in [0.2, 0.25) is 0 Å². The first kappa shape index (κ1) is 31.2. The second-order valence-electron chi connectivity index (χ2n) is 10.3. The van der Waals surface area contributed by atoms with Gasteiger partial charge in [0.1, 0.15) is 5.75 Å². The molecule has 0 aliphatic carbocycles. The minimum absolute atomic E-state index is 0.0219. The van der Waals surface area contributed by atoms with E-state index in [0.717, 1.165) is 12.1 Å². The molecule has 0 saturated heterocycles. The number of rotatable bonds is 7. The Morgan fingerprint density at radius 3 is 2.69 bits per heavy atom. The summed E-state index contributed by atoms with van der Waals surface area (Å²) in [5.41, 5.74) is 2.04. The molecule has 1 unspecified atom stereocenters.